The zero-order valence-corrected chi connectivity index (χ0v) is 9.82. The second-order valence-electron chi connectivity index (χ2n) is 3.77. The minimum atomic E-state index is -0.846. The first-order chi connectivity index (χ1) is 7.51. The van der Waals surface area contributed by atoms with E-state index in [4.69, 9.17) is 10.8 Å². The molecule has 0 rings (SSSR count). The van der Waals surface area contributed by atoms with Crippen molar-refractivity contribution < 1.29 is 14.7 Å². The highest BCUT2D eigenvalue weighted by Gasteiger charge is 2.15. The minimum absolute atomic E-state index is 0.141. The summed E-state index contributed by atoms with van der Waals surface area (Å²) in [5, 5.41) is 13.8. The minimum Gasteiger partial charge on any atom is -0.396 e. The van der Waals surface area contributed by atoms with Gasteiger partial charge < -0.3 is 16.2 Å². The maximum absolute atomic E-state index is 11.3. The van der Waals surface area contributed by atoms with E-state index < -0.39 is 18.0 Å². The predicted molar refractivity (Wildman–Crippen MR) is 60.7 cm³/mol. The van der Waals surface area contributed by atoms with Crippen LogP contribution in [0.1, 0.15) is 26.7 Å². The molecule has 0 saturated carbocycles. The molecule has 94 valence electrons. The van der Waals surface area contributed by atoms with Crippen LogP contribution in [-0.4, -0.2) is 36.2 Å². The molecule has 0 spiro atoms. The highest BCUT2D eigenvalue weighted by molar-refractivity contribution is 5.96. The fourth-order valence-corrected chi connectivity index (χ4v) is 1.30. The maximum atomic E-state index is 11.3. The molecule has 0 radical (unpaired) electrons. The van der Waals surface area contributed by atoms with Crippen LogP contribution in [0, 0.1) is 5.92 Å². The second kappa shape index (κ2) is 8.06. The first-order valence-electron chi connectivity index (χ1n) is 5.45. The normalized spacial score (nSPS) is 14.2. The van der Waals surface area contributed by atoms with E-state index in [2.05, 4.69) is 5.32 Å². The van der Waals surface area contributed by atoms with Crippen LogP contribution < -0.4 is 16.4 Å². The summed E-state index contributed by atoms with van der Waals surface area (Å²) in [7, 11) is 0. The van der Waals surface area contributed by atoms with Crippen molar-refractivity contribution in [3.8, 4) is 0 Å². The number of primary amides is 1. The fourth-order valence-electron chi connectivity index (χ4n) is 1.30. The summed E-state index contributed by atoms with van der Waals surface area (Å²) in [5.74, 6) is -0.111. The van der Waals surface area contributed by atoms with Gasteiger partial charge in [0.25, 0.3) is 0 Å². The van der Waals surface area contributed by atoms with Crippen molar-refractivity contribution in [2.45, 2.75) is 32.7 Å². The largest absolute Gasteiger partial charge is 0.396 e. The molecule has 0 aromatic heterocycles. The number of hydrogen-bond acceptors (Lipinski definition) is 4. The summed E-state index contributed by atoms with van der Waals surface area (Å²) in [4.78, 5) is 21.7. The Morgan fingerprint density at radius 1 is 1.44 bits per heavy atom. The molecule has 2 unspecified atom stereocenters. The SMILES string of the molecule is CCC(CCO)CNC(C)C(=O)NC(N)=O. The number of nitrogens with one attached hydrogen (secondary N) is 2. The van der Waals surface area contributed by atoms with E-state index in [-0.39, 0.29) is 6.61 Å². The van der Waals surface area contributed by atoms with Gasteiger partial charge in [0.2, 0.25) is 5.91 Å². The van der Waals surface area contributed by atoms with Crippen molar-refractivity contribution in [1.82, 2.24) is 10.6 Å². The van der Waals surface area contributed by atoms with Crippen LogP contribution in [0.25, 0.3) is 0 Å². The highest BCUT2D eigenvalue weighted by Crippen LogP contribution is 2.05. The maximum Gasteiger partial charge on any atom is 0.318 e. The van der Waals surface area contributed by atoms with Gasteiger partial charge in [-0.25, -0.2) is 4.79 Å². The van der Waals surface area contributed by atoms with E-state index in [1.807, 2.05) is 12.2 Å². The van der Waals surface area contributed by atoms with Crippen LogP contribution in [0.4, 0.5) is 4.79 Å². The average molecular weight is 231 g/mol. The molecule has 0 aromatic rings. The van der Waals surface area contributed by atoms with Crippen molar-refractivity contribution in [3.05, 3.63) is 0 Å². The van der Waals surface area contributed by atoms with Gasteiger partial charge in [-0.2, -0.15) is 0 Å². The van der Waals surface area contributed by atoms with Crippen LogP contribution in [0.2, 0.25) is 0 Å². The molecule has 6 nitrogen and oxygen atoms in total. The van der Waals surface area contributed by atoms with Crippen molar-refractivity contribution >= 4 is 11.9 Å². The number of carbonyl (C=O) groups excluding carboxylic acids is 2. The Bertz CT molecular complexity index is 233. The molecular weight excluding hydrogens is 210 g/mol. The van der Waals surface area contributed by atoms with E-state index >= 15 is 0 Å². The number of imide groups is 1. The Morgan fingerprint density at radius 3 is 2.50 bits per heavy atom. The number of nitrogens with two attached hydrogens (primary N) is 1. The number of amides is 3. The molecule has 3 amide bonds. The molecule has 5 N–H and O–H groups in total. The molecule has 0 aliphatic rings. The Hall–Kier alpha value is -1.14. The Labute approximate surface area is 95.6 Å². The van der Waals surface area contributed by atoms with Gasteiger partial charge in [-0.1, -0.05) is 13.3 Å². The van der Waals surface area contributed by atoms with Crippen LogP contribution in [-0.2, 0) is 4.79 Å². The lowest BCUT2D eigenvalue weighted by atomic mass is 10.0. The topological polar surface area (TPSA) is 104 Å². The van der Waals surface area contributed by atoms with Crippen LogP contribution >= 0.6 is 0 Å². The van der Waals surface area contributed by atoms with E-state index in [0.29, 0.717) is 18.9 Å². The molecule has 0 bridgehead atoms. The standard InChI is InChI=1S/C10H21N3O3/c1-3-8(4-5-14)6-12-7(2)9(15)13-10(11)16/h7-8,12,14H,3-6H2,1-2H3,(H3,11,13,15,16). The lowest BCUT2D eigenvalue weighted by Gasteiger charge is -2.18. The first-order valence-corrected chi connectivity index (χ1v) is 5.45. The number of urea groups is 1. The summed E-state index contributed by atoms with van der Waals surface area (Å²) in [6.07, 6.45) is 1.63. The summed E-state index contributed by atoms with van der Waals surface area (Å²) < 4.78 is 0. The summed E-state index contributed by atoms with van der Waals surface area (Å²) in [5.41, 5.74) is 4.83. The lowest BCUT2D eigenvalue weighted by molar-refractivity contribution is -0.121. The third kappa shape index (κ3) is 6.36. The first kappa shape index (κ1) is 14.9. The quantitative estimate of drug-likeness (QED) is 0.477. The Morgan fingerprint density at radius 2 is 2.06 bits per heavy atom. The van der Waals surface area contributed by atoms with Crippen molar-refractivity contribution in [3.63, 3.8) is 0 Å². The number of hydrogen-bond donors (Lipinski definition) is 4. The van der Waals surface area contributed by atoms with E-state index in [1.54, 1.807) is 6.92 Å². The van der Waals surface area contributed by atoms with E-state index in [1.165, 1.54) is 0 Å². The third-order valence-corrected chi connectivity index (χ3v) is 2.47. The molecular formula is C10H21N3O3. The lowest BCUT2D eigenvalue weighted by Crippen LogP contribution is -2.47. The predicted octanol–water partition coefficient (Wildman–Crippen LogP) is -0.432. The van der Waals surface area contributed by atoms with Gasteiger partial charge >= 0.3 is 6.03 Å². The van der Waals surface area contributed by atoms with Gasteiger partial charge in [-0.05, 0) is 25.8 Å². The van der Waals surface area contributed by atoms with Gasteiger partial charge in [0, 0.05) is 6.61 Å². The highest BCUT2D eigenvalue weighted by atomic mass is 16.3. The van der Waals surface area contributed by atoms with Gasteiger partial charge in [0.15, 0.2) is 0 Å². The second-order valence-corrected chi connectivity index (χ2v) is 3.77. The Balaban J connectivity index is 3.90. The van der Waals surface area contributed by atoms with Gasteiger partial charge in [-0.15, -0.1) is 0 Å². The van der Waals surface area contributed by atoms with Gasteiger partial charge in [0.05, 0.1) is 6.04 Å². The monoisotopic (exact) mass is 231 g/mol. The molecule has 2 atom stereocenters. The molecule has 0 heterocycles. The molecule has 0 fully saturated rings. The Kier molecular flexibility index (Phi) is 7.49. The van der Waals surface area contributed by atoms with E-state index in [9.17, 15) is 9.59 Å². The van der Waals surface area contributed by atoms with Gasteiger partial charge in [-0.3, -0.25) is 10.1 Å². The van der Waals surface area contributed by atoms with Crippen LogP contribution in [0.5, 0.6) is 0 Å². The molecule has 0 aromatic carbocycles. The van der Waals surface area contributed by atoms with Crippen molar-refractivity contribution in [2.75, 3.05) is 13.2 Å². The number of aliphatic hydroxyl groups is 1. The van der Waals surface area contributed by atoms with Crippen molar-refractivity contribution in [2.24, 2.45) is 11.7 Å². The number of aliphatic hydroxyl groups excluding tert-OH is 1. The average Bonchev–Trinajstić information content (AvgIpc) is 2.22. The zero-order chi connectivity index (χ0) is 12.6. The van der Waals surface area contributed by atoms with Crippen LogP contribution in [0.15, 0.2) is 0 Å². The van der Waals surface area contributed by atoms with Crippen LogP contribution in [0.3, 0.4) is 0 Å². The summed E-state index contributed by atoms with van der Waals surface area (Å²) >= 11 is 0. The molecule has 0 aliphatic carbocycles. The van der Waals surface area contributed by atoms with E-state index in [0.717, 1.165) is 6.42 Å². The molecule has 0 saturated heterocycles. The molecule has 6 heteroatoms. The summed E-state index contributed by atoms with van der Waals surface area (Å²) in [6.45, 7) is 4.45. The third-order valence-electron chi connectivity index (χ3n) is 2.47. The molecule has 0 aliphatic heterocycles. The smallest absolute Gasteiger partial charge is 0.318 e. The zero-order valence-electron chi connectivity index (χ0n) is 9.82. The fraction of sp³-hybridized carbons (Fsp3) is 0.800. The summed E-state index contributed by atoms with van der Waals surface area (Å²) in [6, 6.07) is -1.32. The number of carbonyl (C=O) groups is 2. The molecule has 16 heavy (non-hydrogen) atoms. The van der Waals surface area contributed by atoms with Gasteiger partial charge in [0.1, 0.15) is 0 Å². The number of rotatable bonds is 7. The van der Waals surface area contributed by atoms with Crippen molar-refractivity contribution in [1.29, 1.82) is 0 Å².